The highest BCUT2D eigenvalue weighted by molar-refractivity contribution is 5.90. The second kappa shape index (κ2) is 7.56. The Balaban J connectivity index is 2.13. The molecule has 0 N–H and O–H groups in total. The maximum absolute atomic E-state index is 14.2. The number of carbonyl (C=O) groups is 1. The first-order valence-corrected chi connectivity index (χ1v) is 8.61. The van der Waals surface area contributed by atoms with E-state index < -0.39 is 30.3 Å². The fourth-order valence-electron chi connectivity index (χ4n) is 3.19. The maximum atomic E-state index is 14.2. The van der Waals surface area contributed by atoms with E-state index in [1.54, 1.807) is 43.3 Å². The third-order valence-electron chi connectivity index (χ3n) is 4.52. The van der Waals surface area contributed by atoms with Crippen LogP contribution in [0.15, 0.2) is 72.3 Å². The minimum Gasteiger partial charge on any atom is -0.463 e. The highest BCUT2D eigenvalue weighted by Gasteiger charge is 2.59. The number of benzene rings is 2. The van der Waals surface area contributed by atoms with E-state index in [-0.39, 0.29) is 17.7 Å². The molecule has 0 spiro atoms. The standard InChI is InChI=1S/C21H19F3O3/c1-2-26-19(25)17-13-14-20(21(22,23)24,16-11-7-4-8-12-16)27-18(17)15-9-5-3-6-10-15/h3-13,18H,2,14H2,1H3. The molecular weight excluding hydrogens is 357 g/mol. The Bertz CT molecular complexity index is 816. The van der Waals surface area contributed by atoms with Crippen molar-refractivity contribution in [3.63, 3.8) is 0 Å². The Morgan fingerprint density at radius 3 is 2.26 bits per heavy atom. The first-order chi connectivity index (χ1) is 12.9. The zero-order chi connectivity index (χ0) is 19.5. The van der Waals surface area contributed by atoms with Crippen LogP contribution in [0, 0.1) is 0 Å². The van der Waals surface area contributed by atoms with E-state index in [1.165, 1.54) is 30.3 Å². The smallest absolute Gasteiger partial charge is 0.422 e. The molecule has 27 heavy (non-hydrogen) atoms. The highest BCUT2D eigenvalue weighted by atomic mass is 19.4. The lowest BCUT2D eigenvalue weighted by Crippen LogP contribution is -2.48. The van der Waals surface area contributed by atoms with Crippen molar-refractivity contribution in [3.05, 3.63) is 83.4 Å². The van der Waals surface area contributed by atoms with E-state index in [0.29, 0.717) is 5.56 Å². The van der Waals surface area contributed by atoms with Gasteiger partial charge in [0.05, 0.1) is 12.2 Å². The van der Waals surface area contributed by atoms with Crippen LogP contribution in [0.25, 0.3) is 0 Å². The van der Waals surface area contributed by atoms with Gasteiger partial charge < -0.3 is 9.47 Å². The Kier molecular flexibility index (Phi) is 5.37. The first-order valence-electron chi connectivity index (χ1n) is 8.61. The van der Waals surface area contributed by atoms with E-state index in [0.717, 1.165) is 0 Å². The van der Waals surface area contributed by atoms with Gasteiger partial charge in [0.2, 0.25) is 0 Å². The van der Waals surface area contributed by atoms with Crippen molar-refractivity contribution in [1.29, 1.82) is 0 Å². The number of halogens is 3. The molecule has 0 aliphatic carbocycles. The van der Waals surface area contributed by atoms with Gasteiger partial charge >= 0.3 is 12.1 Å². The summed E-state index contributed by atoms with van der Waals surface area (Å²) in [4.78, 5) is 12.3. The predicted molar refractivity (Wildman–Crippen MR) is 93.8 cm³/mol. The molecule has 6 heteroatoms. The summed E-state index contributed by atoms with van der Waals surface area (Å²) in [5, 5.41) is 0. The molecule has 0 amide bonds. The maximum Gasteiger partial charge on any atom is 0.422 e. The minimum atomic E-state index is -4.67. The summed E-state index contributed by atoms with van der Waals surface area (Å²) in [6, 6.07) is 15.9. The topological polar surface area (TPSA) is 35.5 Å². The van der Waals surface area contributed by atoms with Crippen molar-refractivity contribution in [2.24, 2.45) is 0 Å². The van der Waals surface area contributed by atoms with Crippen LogP contribution >= 0.6 is 0 Å². The van der Waals surface area contributed by atoms with Gasteiger partial charge in [0.25, 0.3) is 0 Å². The van der Waals surface area contributed by atoms with E-state index in [1.807, 2.05) is 0 Å². The van der Waals surface area contributed by atoms with E-state index in [4.69, 9.17) is 9.47 Å². The molecule has 1 heterocycles. The largest absolute Gasteiger partial charge is 0.463 e. The molecule has 3 nitrogen and oxygen atoms in total. The molecule has 0 saturated carbocycles. The first kappa shape index (κ1) is 19.2. The van der Waals surface area contributed by atoms with Gasteiger partial charge in [0, 0.05) is 6.42 Å². The van der Waals surface area contributed by atoms with Crippen LogP contribution in [0.3, 0.4) is 0 Å². The Morgan fingerprint density at radius 1 is 1.11 bits per heavy atom. The molecular formula is C21H19F3O3. The fraction of sp³-hybridized carbons (Fsp3) is 0.286. The molecule has 2 atom stereocenters. The molecule has 3 rings (SSSR count). The number of ether oxygens (including phenoxy) is 2. The Morgan fingerprint density at radius 2 is 1.70 bits per heavy atom. The van der Waals surface area contributed by atoms with Crippen LogP contribution < -0.4 is 0 Å². The second-order valence-electron chi connectivity index (χ2n) is 6.18. The number of alkyl halides is 3. The average Bonchev–Trinajstić information content (AvgIpc) is 2.68. The number of hydrogen-bond donors (Lipinski definition) is 0. The number of hydrogen-bond acceptors (Lipinski definition) is 3. The summed E-state index contributed by atoms with van der Waals surface area (Å²) >= 11 is 0. The van der Waals surface area contributed by atoms with Crippen molar-refractivity contribution in [2.75, 3.05) is 6.61 Å². The lowest BCUT2D eigenvalue weighted by Gasteiger charge is -2.42. The van der Waals surface area contributed by atoms with Crippen LogP contribution in [0.1, 0.15) is 30.6 Å². The molecule has 0 bridgehead atoms. The van der Waals surface area contributed by atoms with Gasteiger partial charge in [-0.15, -0.1) is 0 Å². The molecule has 2 aromatic carbocycles. The second-order valence-corrected chi connectivity index (χ2v) is 6.18. The van der Waals surface area contributed by atoms with Crippen molar-refractivity contribution in [2.45, 2.75) is 31.2 Å². The lowest BCUT2D eigenvalue weighted by molar-refractivity contribution is -0.298. The van der Waals surface area contributed by atoms with Gasteiger partial charge in [0.15, 0.2) is 5.60 Å². The molecule has 1 aliphatic rings. The molecule has 2 aromatic rings. The van der Waals surface area contributed by atoms with Gasteiger partial charge in [-0.1, -0.05) is 66.7 Å². The quantitative estimate of drug-likeness (QED) is 0.697. The summed E-state index contributed by atoms with van der Waals surface area (Å²) in [5.41, 5.74) is -2.00. The molecule has 142 valence electrons. The molecule has 0 saturated heterocycles. The van der Waals surface area contributed by atoms with Gasteiger partial charge in [-0.25, -0.2) is 4.79 Å². The van der Waals surface area contributed by atoms with Crippen LogP contribution in [-0.2, 0) is 19.9 Å². The van der Waals surface area contributed by atoms with Crippen LogP contribution in [0.5, 0.6) is 0 Å². The van der Waals surface area contributed by atoms with Crippen molar-refractivity contribution >= 4 is 5.97 Å². The third kappa shape index (κ3) is 3.62. The van der Waals surface area contributed by atoms with Crippen LogP contribution in [0.4, 0.5) is 13.2 Å². The monoisotopic (exact) mass is 376 g/mol. The van der Waals surface area contributed by atoms with E-state index in [2.05, 4.69) is 0 Å². The van der Waals surface area contributed by atoms with Gasteiger partial charge in [0.1, 0.15) is 6.10 Å². The molecule has 0 fully saturated rings. The van der Waals surface area contributed by atoms with Crippen LogP contribution in [0.2, 0.25) is 0 Å². The Hall–Kier alpha value is -2.60. The van der Waals surface area contributed by atoms with Crippen molar-refractivity contribution in [1.82, 2.24) is 0 Å². The molecule has 2 unspecified atom stereocenters. The molecule has 1 aliphatic heterocycles. The van der Waals surface area contributed by atoms with Crippen molar-refractivity contribution < 1.29 is 27.4 Å². The van der Waals surface area contributed by atoms with E-state index >= 15 is 0 Å². The summed E-state index contributed by atoms with van der Waals surface area (Å²) in [6.07, 6.45) is -5.06. The Labute approximate surface area is 155 Å². The van der Waals surface area contributed by atoms with Gasteiger partial charge in [-0.3, -0.25) is 0 Å². The zero-order valence-electron chi connectivity index (χ0n) is 14.7. The SMILES string of the molecule is CCOC(=O)C1=CCC(c2ccccc2)(C(F)(F)F)OC1c1ccccc1. The average molecular weight is 376 g/mol. The number of carbonyl (C=O) groups excluding carboxylic acids is 1. The van der Waals surface area contributed by atoms with Crippen LogP contribution in [-0.4, -0.2) is 18.8 Å². The minimum absolute atomic E-state index is 0.00223. The summed E-state index contributed by atoms with van der Waals surface area (Å²) in [5.74, 6) is -0.671. The number of rotatable bonds is 4. The molecule has 0 aromatic heterocycles. The summed E-state index contributed by atoms with van der Waals surface area (Å²) in [7, 11) is 0. The summed E-state index contributed by atoms with van der Waals surface area (Å²) < 4.78 is 53.3. The zero-order valence-corrected chi connectivity index (χ0v) is 14.7. The predicted octanol–water partition coefficient (Wildman–Crippen LogP) is 5.10. The molecule has 0 radical (unpaired) electrons. The third-order valence-corrected chi connectivity index (χ3v) is 4.52. The summed E-state index contributed by atoms with van der Waals surface area (Å²) in [6.45, 7) is 1.77. The highest BCUT2D eigenvalue weighted by Crippen LogP contribution is 2.52. The normalized spacial score (nSPS) is 22.8. The fourth-order valence-corrected chi connectivity index (χ4v) is 3.19. The van der Waals surface area contributed by atoms with E-state index in [9.17, 15) is 18.0 Å². The van der Waals surface area contributed by atoms with Gasteiger partial charge in [-0.2, -0.15) is 13.2 Å². The van der Waals surface area contributed by atoms with Gasteiger partial charge in [-0.05, 0) is 18.1 Å². The lowest BCUT2D eigenvalue weighted by atomic mass is 9.84. The van der Waals surface area contributed by atoms with Crippen molar-refractivity contribution in [3.8, 4) is 0 Å². The number of esters is 1.